The first-order valence-electron chi connectivity index (χ1n) is 8.12. The van der Waals surface area contributed by atoms with Crippen LogP contribution in [-0.2, 0) is 4.79 Å². The number of amides is 1. The average Bonchev–Trinajstić information content (AvgIpc) is 3.42. The number of aliphatic imine (C=N–C) groups is 1. The molecule has 0 N–H and O–H groups in total. The molecule has 2 aromatic heterocycles. The first-order valence-corrected chi connectivity index (χ1v) is 10.2. The number of hydrogen-bond donors (Lipinski definition) is 0. The van der Waals surface area contributed by atoms with E-state index in [9.17, 15) is 14.9 Å². The van der Waals surface area contributed by atoms with Crippen LogP contribution < -0.4 is 0 Å². The molecule has 1 fully saturated rings. The van der Waals surface area contributed by atoms with Gasteiger partial charge >= 0.3 is 0 Å². The molecule has 0 atom stereocenters. The molecule has 146 valence electrons. The lowest BCUT2D eigenvalue weighted by Crippen LogP contribution is -2.23. The van der Waals surface area contributed by atoms with Crippen LogP contribution in [0.3, 0.4) is 0 Å². The number of rotatable bonds is 4. The van der Waals surface area contributed by atoms with Gasteiger partial charge in [0.05, 0.1) is 14.9 Å². The predicted molar refractivity (Wildman–Crippen MR) is 113 cm³/mol. The number of thioether (sulfide) groups is 1. The Morgan fingerprint density at radius 1 is 1.34 bits per heavy atom. The van der Waals surface area contributed by atoms with E-state index in [4.69, 9.17) is 16.0 Å². The van der Waals surface area contributed by atoms with Gasteiger partial charge in [-0.05, 0) is 30.0 Å². The molecular weight excluding hydrogens is 436 g/mol. The molecular formula is C18H11ClN4O4S2. The Morgan fingerprint density at radius 2 is 2.17 bits per heavy atom. The number of nitro groups is 1. The monoisotopic (exact) mass is 446 g/mol. The molecule has 3 heterocycles. The van der Waals surface area contributed by atoms with Crippen molar-refractivity contribution >= 4 is 62.7 Å². The van der Waals surface area contributed by atoms with E-state index < -0.39 is 4.92 Å². The number of nitrogens with zero attached hydrogens (tertiary/aromatic N) is 4. The zero-order valence-corrected chi connectivity index (χ0v) is 17.1. The first-order chi connectivity index (χ1) is 13.9. The minimum atomic E-state index is -0.516. The standard InChI is InChI=1S/C18H11ClN4O4S2/c1-22-16(24)15(29-18(22)21-17-20-6-7-28-17)9-11-3-5-14(27-11)12-4-2-10(23(25)26)8-13(12)19/h2-9H,1H3/b15-9+,21-18+. The number of benzene rings is 1. The summed E-state index contributed by atoms with van der Waals surface area (Å²) in [5.41, 5.74) is 0.422. The Bertz CT molecular complexity index is 1170. The quantitative estimate of drug-likeness (QED) is 0.310. The molecule has 1 saturated heterocycles. The van der Waals surface area contributed by atoms with Crippen molar-refractivity contribution in [3.63, 3.8) is 0 Å². The van der Waals surface area contributed by atoms with Crippen molar-refractivity contribution in [3.05, 3.63) is 67.7 Å². The van der Waals surface area contributed by atoms with Crippen LogP contribution in [-0.4, -0.2) is 32.9 Å². The third-order valence-corrected chi connectivity index (χ3v) is 5.98. The van der Waals surface area contributed by atoms with Crippen molar-refractivity contribution in [2.24, 2.45) is 4.99 Å². The summed E-state index contributed by atoms with van der Waals surface area (Å²) in [6.45, 7) is 0. The van der Waals surface area contributed by atoms with Crippen LogP contribution in [0.5, 0.6) is 0 Å². The molecule has 0 spiro atoms. The molecule has 1 amide bonds. The van der Waals surface area contributed by atoms with Crippen LogP contribution in [0, 0.1) is 10.1 Å². The molecule has 1 aromatic carbocycles. The van der Waals surface area contributed by atoms with Gasteiger partial charge in [0.15, 0.2) is 5.17 Å². The molecule has 0 aliphatic carbocycles. The normalized spacial score (nSPS) is 16.9. The number of carbonyl (C=O) groups excluding carboxylic acids is 1. The van der Waals surface area contributed by atoms with E-state index in [-0.39, 0.29) is 16.6 Å². The van der Waals surface area contributed by atoms with Crippen LogP contribution in [0.15, 0.2) is 56.2 Å². The van der Waals surface area contributed by atoms with E-state index in [2.05, 4.69) is 9.98 Å². The van der Waals surface area contributed by atoms with Gasteiger partial charge in [-0.25, -0.2) is 4.98 Å². The van der Waals surface area contributed by atoms with Crippen molar-refractivity contribution < 1.29 is 14.1 Å². The largest absolute Gasteiger partial charge is 0.457 e. The molecule has 0 unspecified atom stereocenters. The Morgan fingerprint density at radius 3 is 2.86 bits per heavy atom. The number of aromatic nitrogens is 1. The highest BCUT2D eigenvalue weighted by Gasteiger charge is 2.31. The Balaban J connectivity index is 1.60. The number of amidine groups is 1. The zero-order valence-electron chi connectivity index (χ0n) is 14.7. The van der Waals surface area contributed by atoms with Crippen molar-refractivity contribution in [3.8, 4) is 11.3 Å². The van der Waals surface area contributed by atoms with E-state index in [1.54, 1.807) is 31.5 Å². The Kier molecular flexibility index (Phi) is 5.22. The summed E-state index contributed by atoms with van der Waals surface area (Å²) in [7, 11) is 1.65. The van der Waals surface area contributed by atoms with Gasteiger partial charge in [0, 0.05) is 42.4 Å². The summed E-state index contributed by atoms with van der Waals surface area (Å²) in [5, 5.41) is 14.0. The lowest BCUT2D eigenvalue weighted by Gasteiger charge is -2.05. The summed E-state index contributed by atoms with van der Waals surface area (Å²) in [6.07, 6.45) is 3.27. The summed E-state index contributed by atoms with van der Waals surface area (Å²) in [4.78, 5) is 33.2. The molecule has 0 radical (unpaired) electrons. The van der Waals surface area contributed by atoms with E-state index in [0.717, 1.165) is 0 Å². The topological polar surface area (TPSA) is 102 Å². The second-order valence-corrected chi connectivity index (χ2v) is 8.10. The number of furan rings is 1. The van der Waals surface area contributed by atoms with Gasteiger partial charge in [0.1, 0.15) is 11.5 Å². The zero-order chi connectivity index (χ0) is 20.5. The fourth-order valence-electron chi connectivity index (χ4n) is 2.53. The van der Waals surface area contributed by atoms with Crippen LogP contribution in [0.1, 0.15) is 5.76 Å². The smallest absolute Gasteiger partial charge is 0.270 e. The molecule has 11 heteroatoms. The molecule has 8 nitrogen and oxygen atoms in total. The fraction of sp³-hybridized carbons (Fsp3) is 0.0556. The van der Waals surface area contributed by atoms with Gasteiger partial charge in [0.2, 0.25) is 5.13 Å². The number of non-ortho nitro benzene ring substituents is 1. The summed E-state index contributed by atoms with van der Waals surface area (Å²) < 4.78 is 5.77. The van der Waals surface area contributed by atoms with Gasteiger partial charge in [-0.3, -0.25) is 19.8 Å². The second-order valence-electron chi connectivity index (χ2n) is 5.81. The van der Waals surface area contributed by atoms with Gasteiger partial charge in [0.25, 0.3) is 11.6 Å². The molecule has 3 aromatic rings. The molecule has 29 heavy (non-hydrogen) atoms. The molecule has 4 rings (SSSR count). The van der Waals surface area contributed by atoms with E-state index >= 15 is 0 Å². The van der Waals surface area contributed by atoms with E-state index in [0.29, 0.717) is 32.3 Å². The van der Waals surface area contributed by atoms with Crippen molar-refractivity contribution in [2.45, 2.75) is 0 Å². The fourth-order valence-corrected chi connectivity index (χ4v) is 4.30. The number of halogens is 1. The highest BCUT2D eigenvalue weighted by Crippen LogP contribution is 2.36. The minimum absolute atomic E-state index is 0.101. The molecule has 1 aliphatic heterocycles. The number of likely N-dealkylation sites (N-methyl/N-ethyl adjacent to an activating group) is 1. The summed E-state index contributed by atoms with van der Waals surface area (Å²) in [5.74, 6) is 0.697. The third-order valence-electron chi connectivity index (χ3n) is 3.94. The maximum Gasteiger partial charge on any atom is 0.270 e. The Labute approximate surface area is 177 Å². The third kappa shape index (κ3) is 3.95. The van der Waals surface area contributed by atoms with Crippen molar-refractivity contribution in [1.29, 1.82) is 0 Å². The lowest BCUT2D eigenvalue weighted by molar-refractivity contribution is -0.384. The maximum atomic E-state index is 12.5. The molecule has 0 bridgehead atoms. The van der Waals surface area contributed by atoms with Crippen LogP contribution in [0.4, 0.5) is 10.8 Å². The average molecular weight is 447 g/mol. The highest BCUT2D eigenvalue weighted by molar-refractivity contribution is 8.18. The predicted octanol–water partition coefficient (Wildman–Crippen LogP) is 5.20. The summed E-state index contributed by atoms with van der Waals surface area (Å²) >= 11 is 8.76. The first kappa shape index (κ1) is 19.4. The van der Waals surface area contributed by atoms with Gasteiger partial charge in [-0.15, -0.1) is 11.3 Å². The number of carbonyl (C=O) groups is 1. The second kappa shape index (κ2) is 7.82. The number of thiazole rings is 1. The summed E-state index contributed by atoms with van der Waals surface area (Å²) in [6, 6.07) is 7.54. The number of hydrogen-bond acceptors (Lipinski definition) is 8. The van der Waals surface area contributed by atoms with Gasteiger partial charge < -0.3 is 4.42 Å². The SMILES string of the molecule is CN1C(=O)/C(=C\c2ccc(-c3ccc([N+](=O)[O-])cc3Cl)o2)S/C1=N/c1nccs1. The van der Waals surface area contributed by atoms with E-state index in [1.807, 2.05) is 5.38 Å². The lowest BCUT2D eigenvalue weighted by atomic mass is 10.1. The van der Waals surface area contributed by atoms with Crippen LogP contribution in [0.25, 0.3) is 17.4 Å². The van der Waals surface area contributed by atoms with Gasteiger partial charge in [-0.2, -0.15) is 4.99 Å². The molecule has 1 aliphatic rings. The molecule has 0 saturated carbocycles. The minimum Gasteiger partial charge on any atom is -0.457 e. The maximum absolute atomic E-state index is 12.5. The Hall–Kier alpha value is -2.95. The van der Waals surface area contributed by atoms with Gasteiger partial charge in [-0.1, -0.05) is 11.6 Å². The number of nitro benzene ring substituents is 1. The highest BCUT2D eigenvalue weighted by atomic mass is 35.5. The van der Waals surface area contributed by atoms with E-state index in [1.165, 1.54) is 46.2 Å². The van der Waals surface area contributed by atoms with Crippen LogP contribution >= 0.6 is 34.7 Å². The van der Waals surface area contributed by atoms with Crippen LogP contribution in [0.2, 0.25) is 5.02 Å². The van der Waals surface area contributed by atoms with Crippen molar-refractivity contribution in [1.82, 2.24) is 9.88 Å². The van der Waals surface area contributed by atoms with Crippen molar-refractivity contribution in [2.75, 3.05) is 7.05 Å².